The van der Waals surface area contributed by atoms with Crippen LogP contribution < -0.4 is 5.43 Å². The van der Waals surface area contributed by atoms with E-state index in [4.69, 9.17) is 23.2 Å². The Hall–Kier alpha value is -2.04. The molecular formula is C24H30Cl2N2O2. The number of benzene rings is 2. The molecule has 0 heterocycles. The number of nitrogens with zero attached hydrogens (tertiary/aromatic N) is 1. The Bertz CT molecular complexity index is 895. The van der Waals surface area contributed by atoms with Crippen LogP contribution in [0.2, 0.25) is 10.0 Å². The average molecular weight is 449 g/mol. The maximum absolute atomic E-state index is 13.6. The molecule has 6 heteroatoms. The topological polar surface area (TPSA) is 49.4 Å². The zero-order valence-electron chi connectivity index (χ0n) is 18.5. The first-order valence-electron chi connectivity index (χ1n) is 10.1. The van der Waals surface area contributed by atoms with Crippen LogP contribution in [0.3, 0.4) is 0 Å². The Morgan fingerprint density at radius 3 is 2.03 bits per heavy atom. The number of aryl methyl sites for hydroxylation is 2. The van der Waals surface area contributed by atoms with Gasteiger partial charge in [0.25, 0.3) is 11.8 Å². The molecular weight excluding hydrogens is 419 g/mol. The monoisotopic (exact) mass is 448 g/mol. The lowest BCUT2D eigenvalue weighted by Gasteiger charge is -2.40. The van der Waals surface area contributed by atoms with Crippen molar-refractivity contribution >= 4 is 35.0 Å². The fraction of sp³-hybridized carbons (Fsp3) is 0.417. The van der Waals surface area contributed by atoms with Crippen LogP contribution in [0.15, 0.2) is 36.4 Å². The van der Waals surface area contributed by atoms with Crippen LogP contribution in [0.1, 0.15) is 72.4 Å². The van der Waals surface area contributed by atoms with Gasteiger partial charge in [0.2, 0.25) is 0 Å². The molecule has 0 aliphatic carbocycles. The highest BCUT2D eigenvalue weighted by atomic mass is 35.5. The number of hydrogen-bond donors (Lipinski definition) is 1. The number of hydrazine groups is 1. The second-order valence-corrected chi connectivity index (χ2v) is 9.57. The van der Waals surface area contributed by atoms with Crippen LogP contribution in [-0.2, 0) is 0 Å². The van der Waals surface area contributed by atoms with Crippen molar-refractivity contribution in [1.29, 1.82) is 0 Å². The van der Waals surface area contributed by atoms with Crippen molar-refractivity contribution < 1.29 is 9.59 Å². The molecule has 162 valence electrons. The van der Waals surface area contributed by atoms with Gasteiger partial charge in [-0.25, -0.2) is 5.01 Å². The quantitative estimate of drug-likeness (QED) is 0.522. The Morgan fingerprint density at radius 2 is 1.57 bits per heavy atom. The first-order chi connectivity index (χ1) is 14.0. The smallest absolute Gasteiger partial charge is 0.267 e. The second-order valence-electron chi connectivity index (χ2n) is 8.76. The van der Waals surface area contributed by atoms with Gasteiger partial charge in [0.05, 0.1) is 21.7 Å². The van der Waals surface area contributed by atoms with Crippen molar-refractivity contribution in [3.05, 3.63) is 68.7 Å². The summed E-state index contributed by atoms with van der Waals surface area (Å²) in [5.41, 5.74) is 5.22. The molecule has 4 nitrogen and oxygen atoms in total. The lowest BCUT2D eigenvalue weighted by Crippen LogP contribution is -2.56. The highest BCUT2D eigenvalue weighted by Gasteiger charge is 2.35. The third-order valence-electron chi connectivity index (χ3n) is 4.97. The van der Waals surface area contributed by atoms with E-state index < -0.39 is 5.91 Å². The van der Waals surface area contributed by atoms with Crippen LogP contribution in [0.5, 0.6) is 0 Å². The van der Waals surface area contributed by atoms with Crippen molar-refractivity contribution in [2.24, 2.45) is 5.41 Å². The minimum absolute atomic E-state index is 0.156. The molecule has 2 rings (SSSR count). The maximum atomic E-state index is 13.6. The number of rotatable bonds is 5. The summed E-state index contributed by atoms with van der Waals surface area (Å²) in [6.07, 6.45) is 1.60. The van der Waals surface area contributed by atoms with Crippen LogP contribution >= 0.6 is 23.2 Å². The molecule has 0 aromatic heterocycles. The maximum Gasteiger partial charge on any atom is 0.272 e. The first kappa shape index (κ1) is 24.2. The van der Waals surface area contributed by atoms with E-state index in [0.717, 1.165) is 24.0 Å². The van der Waals surface area contributed by atoms with Crippen molar-refractivity contribution in [2.75, 3.05) is 0 Å². The van der Waals surface area contributed by atoms with E-state index in [2.05, 4.69) is 33.1 Å². The molecule has 0 spiro atoms. The second kappa shape index (κ2) is 9.84. The summed E-state index contributed by atoms with van der Waals surface area (Å²) in [6.45, 7) is 12.1. The lowest BCUT2D eigenvalue weighted by atomic mass is 9.83. The zero-order valence-corrected chi connectivity index (χ0v) is 20.0. The number of halogens is 2. The predicted octanol–water partition coefficient (Wildman–Crippen LogP) is 6.61. The summed E-state index contributed by atoms with van der Waals surface area (Å²) in [5.74, 6) is -0.764. The van der Waals surface area contributed by atoms with E-state index in [0.29, 0.717) is 5.56 Å². The van der Waals surface area contributed by atoms with Crippen molar-refractivity contribution in [3.63, 3.8) is 0 Å². The SMILES string of the molecule is CCC[C@H](N(NC(=O)c1c(Cl)cccc1Cl)C(=O)c1cc(C)cc(C)c1)C(C)(C)C. The summed E-state index contributed by atoms with van der Waals surface area (Å²) in [6, 6.07) is 10.3. The van der Waals surface area contributed by atoms with Crippen LogP contribution in [0.4, 0.5) is 0 Å². The Kier molecular flexibility index (Phi) is 7.95. The number of hydrogen-bond acceptors (Lipinski definition) is 2. The zero-order chi connectivity index (χ0) is 22.6. The van der Waals surface area contributed by atoms with Gasteiger partial charge in [-0.05, 0) is 49.9 Å². The molecule has 2 aromatic carbocycles. The Balaban J connectivity index is 2.52. The lowest BCUT2D eigenvalue weighted by molar-refractivity contribution is 0.0271. The van der Waals surface area contributed by atoms with E-state index in [9.17, 15) is 9.59 Å². The summed E-state index contributed by atoms with van der Waals surface area (Å²) >= 11 is 12.5. The van der Waals surface area contributed by atoms with Gasteiger partial charge in [0.15, 0.2) is 0 Å². The fourth-order valence-corrected chi connectivity index (χ4v) is 4.18. The highest BCUT2D eigenvalue weighted by molar-refractivity contribution is 6.39. The molecule has 2 aromatic rings. The van der Waals surface area contributed by atoms with Crippen molar-refractivity contribution in [1.82, 2.24) is 10.4 Å². The van der Waals surface area contributed by atoms with Crippen molar-refractivity contribution in [3.8, 4) is 0 Å². The Labute approximate surface area is 189 Å². The van der Waals surface area contributed by atoms with Crippen molar-refractivity contribution in [2.45, 2.75) is 60.4 Å². The molecule has 0 aliphatic heterocycles. The summed E-state index contributed by atoms with van der Waals surface area (Å²) in [7, 11) is 0. The van der Waals surface area contributed by atoms with Crippen LogP contribution in [-0.4, -0.2) is 22.9 Å². The van der Waals surface area contributed by atoms with Gasteiger partial charge in [-0.3, -0.25) is 15.0 Å². The van der Waals surface area contributed by atoms with Gasteiger partial charge >= 0.3 is 0 Å². The molecule has 2 amide bonds. The fourth-order valence-electron chi connectivity index (χ4n) is 3.61. The number of carbonyl (C=O) groups excluding carboxylic acids is 2. The van der Waals surface area contributed by atoms with Gasteiger partial charge in [-0.1, -0.05) is 80.6 Å². The predicted molar refractivity (Wildman–Crippen MR) is 124 cm³/mol. The summed E-state index contributed by atoms with van der Waals surface area (Å²) in [5, 5.41) is 1.93. The molecule has 30 heavy (non-hydrogen) atoms. The summed E-state index contributed by atoms with van der Waals surface area (Å²) in [4.78, 5) is 26.7. The largest absolute Gasteiger partial charge is 0.272 e. The third kappa shape index (κ3) is 5.77. The number of carbonyl (C=O) groups is 2. The van der Waals surface area contributed by atoms with Gasteiger partial charge in [-0.2, -0.15) is 0 Å². The van der Waals surface area contributed by atoms with Gasteiger partial charge in [0.1, 0.15) is 0 Å². The number of amides is 2. The van der Waals surface area contributed by atoms with Gasteiger partial charge in [-0.15, -0.1) is 0 Å². The van der Waals surface area contributed by atoms with E-state index in [1.54, 1.807) is 18.2 Å². The Morgan fingerprint density at radius 1 is 1.03 bits per heavy atom. The minimum Gasteiger partial charge on any atom is -0.267 e. The first-order valence-corrected chi connectivity index (χ1v) is 10.9. The van der Waals surface area contributed by atoms with E-state index >= 15 is 0 Å². The van der Waals surface area contributed by atoms with E-state index in [1.165, 1.54) is 5.01 Å². The summed E-state index contributed by atoms with van der Waals surface area (Å²) < 4.78 is 0. The van der Waals surface area contributed by atoms with E-state index in [-0.39, 0.29) is 33.0 Å². The average Bonchev–Trinajstić information content (AvgIpc) is 2.62. The molecule has 0 fully saturated rings. The number of nitrogens with one attached hydrogen (secondary N) is 1. The molecule has 0 radical (unpaired) electrons. The molecule has 0 unspecified atom stereocenters. The third-order valence-corrected chi connectivity index (χ3v) is 5.60. The standard InChI is InChI=1S/C24H30Cl2N2O2/c1-7-9-20(24(4,5)6)28(23(30)17-13-15(2)12-16(3)14-17)27-22(29)21-18(25)10-8-11-19(21)26/h8,10-14,20H,7,9H2,1-6H3,(H,27,29)/t20-/m0/s1. The van der Waals surface area contributed by atoms with Gasteiger partial charge < -0.3 is 0 Å². The molecule has 0 aliphatic rings. The normalized spacial score (nSPS) is 12.4. The molecule has 1 atom stereocenters. The molecule has 0 saturated carbocycles. The van der Waals surface area contributed by atoms with Crippen LogP contribution in [0.25, 0.3) is 0 Å². The van der Waals surface area contributed by atoms with Crippen LogP contribution in [0, 0.1) is 19.3 Å². The molecule has 1 N–H and O–H groups in total. The molecule has 0 saturated heterocycles. The highest BCUT2D eigenvalue weighted by Crippen LogP contribution is 2.30. The van der Waals surface area contributed by atoms with E-state index in [1.807, 2.05) is 32.0 Å². The molecule has 0 bridgehead atoms. The van der Waals surface area contributed by atoms with Gasteiger partial charge in [0, 0.05) is 5.56 Å². The minimum atomic E-state index is -0.506.